The van der Waals surface area contributed by atoms with Crippen LogP contribution in [0.1, 0.15) is 30.0 Å². The van der Waals surface area contributed by atoms with Gasteiger partial charge in [0.15, 0.2) is 0 Å². The number of hydrogen-bond acceptors (Lipinski definition) is 2. The summed E-state index contributed by atoms with van der Waals surface area (Å²) < 4.78 is 0. The van der Waals surface area contributed by atoms with E-state index in [1.54, 1.807) is 4.90 Å². The van der Waals surface area contributed by atoms with Gasteiger partial charge in [0.05, 0.1) is 0 Å². The largest absolute Gasteiger partial charge is 0.326 e. The van der Waals surface area contributed by atoms with Crippen LogP contribution in [0.25, 0.3) is 0 Å². The van der Waals surface area contributed by atoms with Crippen molar-refractivity contribution in [2.45, 2.75) is 34.1 Å². The van der Waals surface area contributed by atoms with E-state index < -0.39 is 0 Å². The van der Waals surface area contributed by atoms with Crippen molar-refractivity contribution < 1.29 is 9.59 Å². The van der Waals surface area contributed by atoms with Gasteiger partial charge in [-0.1, -0.05) is 24.3 Å². The molecule has 0 bridgehead atoms. The third-order valence-corrected chi connectivity index (χ3v) is 4.13. The molecule has 2 rings (SSSR count). The summed E-state index contributed by atoms with van der Waals surface area (Å²) in [6.07, 6.45) is 0.251. The number of hydrogen-bond donors (Lipinski definition) is 1. The van der Waals surface area contributed by atoms with Gasteiger partial charge in [0.2, 0.25) is 11.8 Å². The molecule has 0 saturated carbocycles. The van der Waals surface area contributed by atoms with Gasteiger partial charge in [0.1, 0.15) is 0 Å². The maximum Gasteiger partial charge on any atom is 0.226 e. The van der Waals surface area contributed by atoms with Crippen LogP contribution in [0.5, 0.6) is 0 Å². The van der Waals surface area contributed by atoms with Gasteiger partial charge in [-0.2, -0.15) is 0 Å². The summed E-state index contributed by atoms with van der Waals surface area (Å²) in [4.78, 5) is 25.8. The lowest BCUT2D eigenvalue weighted by Gasteiger charge is -2.21. The van der Waals surface area contributed by atoms with Crippen LogP contribution in [0.2, 0.25) is 0 Å². The fourth-order valence-corrected chi connectivity index (χ4v) is 2.58. The predicted molar refractivity (Wildman–Crippen MR) is 98.4 cm³/mol. The van der Waals surface area contributed by atoms with Crippen molar-refractivity contribution in [2.24, 2.45) is 0 Å². The van der Waals surface area contributed by atoms with Crippen molar-refractivity contribution in [1.82, 2.24) is 0 Å². The average Bonchev–Trinajstić information content (AvgIpc) is 2.52. The van der Waals surface area contributed by atoms with Gasteiger partial charge in [0.25, 0.3) is 0 Å². The minimum absolute atomic E-state index is 0.0693. The van der Waals surface area contributed by atoms with E-state index in [2.05, 4.69) is 5.32 Å². The first-order valence-electron chi connectivity index (χ1n) is 8.09. The molecular weight excluding hydrogens is 300 g/mol. The predicted octanol–water partition coefficient (Wildman–Crippen LogP) is 3.99. The van der Waals surface area contributed by atoms with Crippen LogP contribution in [0.4, 0.5) is 11.4 Å². The van der Waals surface area contributed by atoms with Crippen LogP contribution in [-0.4, -0.2) is 18.4 Å². The van der Waals surface area contributed by atoms with E-state index in [1.807, 2.05) is 63.2 Å². The highest BCUT2D eigenvalue weighted by molar-refractivity contribution is 5.95. The Bertz CT molecular complexity index is 753. The van der Waals surface area contributed by atoms with Crippen LogP contribution in [0, 0.1) is 20.8 Å². The molecule has 0 aliphatic heterocycles. The third-order valence-electron chi connectivity index (χ3n) is 4.13. The van der Waals surface area contributed by atoms with Crippen LogP contribution in [0.15, 0.2) is 42.5 Å². The molecule has 0 spiro atoms. The highest BCUT2D eigenvalue weighted by Gasteiger charge is 2.14. The lowest BCUT2D eigenvalue weighted by molar-refractivity contribution is -0.117. The van der Waals surface area contributed by atoms with Gasteiger partial charge in [-0.25, -0.2) is 0 Å². The van der Waals surface area contributed by atoms with Gasteiger partial charge < -0.3 is 10.2 Å². The highest BCUT2D eigenvalue weighted by atomic mass is 16.2. The first kappa shape index (κ1) is 17.7. The Morgan fingerprint density at radius 3 is 2.42 bits per heavy atom. The van der Waals surface area contributed by atoms with E-state index in [9.17, 15) is 9.59 Å². The molecule has 0 saturated heterocycles. The molecule has 2 amide bonds. The Morgan fingerprint density at radius 2 is 1.75 bits per heavy atom. The van der Waals surface area contributed by atoms with Crippen LogP contribution in [-0.2, 0) is 9.59 Å². The minimum Gasteiger partial charge on any atom is -0.326 e. The maximum atomic E-state index is 12.3. The smallest absolute Gasteiger partial charge is 0.226 e. The molecule has 0 heterocycles. The Kier molecular flexibility index (Phi) is 5.74. The minimum atomic E-state index is -0.0948. The number of carbonyl (C=O) groups is 2. The fourth-order valence-electron chi connectivity index (χ4n) is 2.58. The van der Waals surface area contributed by atoms with Crippen molar-refractivity contribution in [3.05, 3.63) is 59.2 Å². The van der Waals surface area contributed by atoms with E-state index >= 15 is 0 Å². The number of nitrogens with zero attached hydrogens (tertiary/aromatic N) is 1. The number of anilines is 2. The van der Waals surface area contributed by atoms with E-state index in [1.165, 1.54) is 6.92 Å². The van der Waals surface area contributed by atoms with Crippen LogP contribution < -0.4 is 10.2 Å². The quantitative estimate of drug-likeness (QED) is 0.904. The second-order valence-electron chi connectivity index (χ2n) is 6.06. The normalized spacial score (nSPS) is 10.3. The fraction of sp³-hybridized carbons (Fsp3) is 0.300. The van der Waals surface area contributed by atoms with Gasteiger partial charge >= 0.3 is 0 Å². The summed E-state index contributed by atoms with van der Waals surface area (Å²) >= 11 is 0. The molecule has 4 nitrogen and oxygen atoms in total. The molecule has 1 N–H and O–H groups in total. The lowest BCUT2D eigenvalue weighted by atomic mass is 10.1. The zero-order valence-electron chi connectivity index (χ0n) is 14.7. The Labute approximate surface area is 143 Å². The maximum absolute atomic E-state index is 12.3. The van der Waals surface area contributed by atoms with E-state index in [-0.39, 0.29) is 18.2 Å². The van der Waals surface area contributed by atoms with Crippen molar-refractivity contribution in [1.29, 1.82) is 0 Å². The van der Waals surface area contributed by atoms with E-state index in [0.29, 0.717) is 6.54 Å². The molecule has 0 unspecified atom stereocenters. The molecule has 0 aromatic heterocycles. The molecule has 0 aliphatic carbocycles. The van der Waals surface area contributed by atoms with Crippen LogP contribution in [0.3, 0.4) is 0 Å². The Hall–Kier alpha value is -2.62. The highest BCUT2D eigenvalue weighted by Crippen LogP contribution is 2.19. The van der Waals surface area contributed by atoms with Crippen LogP contribution >= 0.6 is 0 Å². The zero-order chi connectivity index (χ0) is 17.7. The summed E-state index contributed by atoms with van der Waals surface area (Å²) in [6.45, 7) is 7.86. The molecule has 0 aliphatic rings. The van der Waals surface area contributed by atoms with Crippen molar-refractivity contribution in [3.63, 3.8) is 0 Å². The number of carbonyl (C=O) groups excluding carboxylic acids is 2. The number of rotatable bonds is 5. The van der Waals surface area contributed by atoms with Crippen molar-refractivity contribution in [3.8, 4) is 0 Å². The van der Waals surface area contributed by atoms with Crippen molar-refractivity contribution in [2.75, 3.05) is 16.8 Å². The van der Waals surface area contributed by atoms with Crippen molar-refractivity contribution >= 4 is 23.2 Å². The molecular formula is C20H24N2O2. The molecule has 0 atom stereocenters. The second kappa shape index (κ2) is 7.77. The Morgan fingerprint density at radius 1 is 1.04 bits per heavy atom. The zero-order valence-corrected chi connectivity index (χ0v) is 14.7. The molecule has 0 fully saturated rings. The SMILES string of the molecule is CC(=O)N(CCC(=O)Nc1cccc(C)c1C)c1cccc(C)c1. The summed E-state index contributed by atoms with van der Waals surface area (Å²) in [7, 11) is 0. The number of nitrogens with one attached hydrogen (secondary N) is 1. The molecule has 2 aromatic rings. The van der Waals surface area contributed by atoms with Gasteiger partial charge in [-0.3, -0.25) is 9.59 Å². The average molecular weight is 324 g/mol. The second-order valence-corrected chi connectivity index (χ2v) is 6.06. The first-order valence-corrected chi connectivity index (χ1v) is 8.09. The number of benzene rings is 2. The topological polar surface area (TPSA) is 49.4 Å². The number of amides is 2. The third kappa shape index (κ3) is 4.44. The molecule has 2 aromatic carbocycles. The first-order chi connectivity index (χ1) is 11.4. The standard InChI is InChI=1S/C20H24N2O2/c1-14-7-5-9-18(13-14)22(17(4)23)12-11-20(24)21-19-10-6-8-15(2)16(19)3/h5-10,13H,11-12H2,1-4H3,(H,21,24). The monoisotopic (exact) mass is 324 g/mol. The lowest BCUT2D eigenvalue weighted by Crippen LogP contribution is -2.32. The molecule has 0 radical (unpaired) electrons. The van der Waals surface area contributed by atoms with Gasteiger partial charge in [-0.05, 0) is 55.7 Å². The van der Waals surface area contributed by atoms with E-state index in [4.69, 9.17) is 0 Å². The summed E-state index contributed by atoms with van der Waals surface area (Å²) in [5, 5.41) is 2.93. The number of aryl methyl sites for hydroxylation is 2. The molecule has 24 heavy (non-hydrogen) atoms. The van der Waals surface area contributed by atoms with E-state index in [0.717, 1.165) is 28.1 Å². The summed E-state index contributed by atoms with van der Waals surface area (Å²) in [5.74, 6) is -0.164. The Balaban J connectivity index is 2.03. The molecule has 126 valence electrons. The van der Waals surface area contributed by atoms with Gasteiger partial charge in [0, 0.05) is 31.3 Å². The summed E-state index contributed by atoms with van der Waals surface area (Å²) in [6, 6.07) is 13.6. The van der Waals surface area contributed by atoms with Gasteiger partial charge in [-0.15, -0.1) is 0 Å². The molecule has 4 heteroatoms. The summed E-state index contributed by atoms with van der Waals surface area (Å²) in [5.41, 5.74) is 4.93.